The highest BCUT2D eigenvalue weighted by Crippen LogP contribution is 2.31. The molecule has 1 saturated heterocycles. The van der Waals surface area contributed by atoms with Gasteiger partial charge in [0, 0.05) is 38.4 Å². The van der Waals surface area contributed by atoms with Gasteiger partial charge < -0.3 is 10.2 Å². The summed E-state index contributed by atoms with van der Waals surface area (Å²) in [6.07, 6.45) is -3.75. The Balaban J connectivity index is 1.47. The smallest absolute Gasteiger partial charge is 0.369 e. The van der Waals surface area contributed by atoms with E-state index >= 15 is 0 Å². The highest BCUT2D eigenvalue weighted by atomic mass is 19.4. The molecule has 0 spiro atoms. The van der Waals surface area contributed by atoms with Crippen molar-refractivity contribution in [2.75, 3.05) is 37.6 Å². The second-order valence-electron chi connectivity index (χ2n) is 7.41. The zero-order valence-electron chi connectivity index (χ0n) is 16.8. The van der Waals surface area contributed by atoms with Crippen molar-refractivity contribution in [3.63, 3.8) is 0 Å². The van der Waals surface area contributed by atoms with Crippen molar-refractivity contribution in [3.8, 4) is 0 Å². The number of carbonyl (C=O) groups is 1. The molecule has 3 rings (SSSR count). The summed E-state index contributed by atoms with van der Waals surface area (Å²) in [6.45, 7) is 4.56. The number of amides is 1. The third-order valence-electron chi connectivity index (χ3n) is 5.41. The maximum Gasteiger partial charge on any atom is 0.416 e. The molecule has 0 aromatic heterocycles. The van der Waals surface area contributed by atoms with Gasteiger partial charge >= 0.3 is 6.18 Å². The topological polar surface area (TPSA) is 35.6 Å². The first-order valence-electron chi connectivity index (χ1n) is 9.92. The van der Waals surface area contributed by atoms with Crippen LogP contribution < -0.4 is 10.2 Å². The van der Waals surface area contributed by atoms with Gasteiger partial charge in [0.2, 0.25) is 5.91 Å². The first-order valence-corrected chi connectivity index (χ1v) is 9.92. The van der Waals surface area contributed by atoms with Gasteiger partial charge in [-0.15, -0.1) is 0 Å². The molecule has 2 aromatic carbocycles. The number of alkyl halides is 3. The van der Waals surface area contributed by atoms with Crippen LogP contribution in [0.15, 0.2) is 48.5 Å². The van der Waals surface area contributed by atoms with Crippen molar-refractivity contribution < 1.29 is 22.4 Å². The van der Waals surface area contributed by atoms with E-state index in [-0.39, 0.29) is 17.8 Å². The van der Waals surface area contributed by atoms with Gasteiger partial charge in [-0.25, -0.2) is 4.39 Å². The summed E-state index contributed by atoms with van der Waals surface area (Å²) in [7, 11) is 0. The van der Waals surface area contributed by atoms with Crippen LogP contribution in [0.5, 0.6) is 0 Å². The van der Waals surface area contributed by atoms with E-state index in [4.69, 9.17) is 0 Å². The molecule has 162 valence electrons. The summed E-state index contributed by atoms with van der Waals surface area (Å²) in [5.41, 5.74) is 0.830. The second-order valence-corrected chi connectivity index (χ2v) is 7.41. The molecule has 1 atom stereocenters. The third kappa shape index (κ3) is 5.72. The highest BCUT2D eigenvalue weighted by molar-refractivity contribution is 5.81. The molecule has 1 fully saturated rings. The minimum absolute atomic E-state index is 0.0929. The van der Waals surface area contributed by atoms with Crippen molar-refractivity contribution in [3.05, 3.63) is 65.5 Å². The van der Waals surface area contributed by atoms with Gasteiger partial charge in [-0.3, -0.25) is 9.69 Å². The molecule has 0 saturated carbocycles. The number of nitrogens with zero attached hydrogens (tertiary/aromatic N) is 2. The molecule has 1 aliphatic rings. The predicted molar refractivity (Wildman–Crippen MR) is 108 cm³/mol. The summed E-state index contributed by atoms with van der Waals surface area (Å²) in [5, 5.41) is 2.90. The fourth-order valence-electron chi connectivity index (χ4n) is 3.54. The van der Waals surface area contributed by atoms with Crippen LogP contribution in [-0.2, 0) is 17.4 Å². The van der Waals surface area contributed by atoms with E-state index in [9.17, 15) is 22.4 Å². The molecule has 8 heteroatoms. The fourth-order valence-corrected chi connectivity index (χ4v) is 3.54. The largest absolute Gasteiger partial charge is 0.416 e. The monoisotopic (exact) mass is 423 g/mol. The summed E-state index contributed by atoms with van der Waals surface area (Å²) in [4.78, 5) is 16.4. The summed E-state index contributed by atoms with van der Waals surface area (Å²) < 4.78 is 51.7. The van der Waals surface area contributed by atoms with E-state index in [1.54, 1.807) is 18.2 Å². The van der Waals surface area contributed by atoms with E-state index in [0.717, 1.165) is 11.6 Å². The van der Waals surface area contributed by atoms with Crippen molar-refractivity contribution in [2.45, 2.75) is 25.6 Å². The third-order valence-corrected chi connectivity index (χ3v) is 5.41. The zero-order chi connectivity index (χ0) is 21.7. The highest BCUT2D eigenvalue weighted by Gasteiger charge is 2.31. The molecule has 0 unspecified atom stereocenters. The Bertz CT molecular complexity index is 846. The van der Waals surface area contributed by atoms with Gasteiger partial charge in [0.05, 0.1) is 11.6 Å². The van der Waals surface area contributed by atoms with Crippen LogP contribution in [0.1, 0.15) is 18.1 Å². The molecule has 0 bridgehead atoms. The van der Waals surface area contributed by atoms with Crippen molar-refractivity contribution in [2.24, 2.45) is 0 Å². The minimum atomic E-state index is -4.36. The number of rotatable bonds is 6. The van der Waals surface area contributed by atoms with Crippen LogP contribution in [0.4, 0.5) is 23.2 Å². The normalized spacial score (nSPS) is 16.4. The Morgan fingerprint density at radius 2 is 1.73 bits per heavy atom. The molecular weight excluding hydrogens is 398 g/mol. The maximum atomic E-state index is 12.9. The van der Waals surface area contributed by atoms with Gasteiger partial charge in [0.25, 0.3) is 0 Å². The molecule has 1 heterocycles. The summed E-state index contributed by atoms with van der Waals surface area (Å²) in [5.74, 6) is -0.384. The lowest BCUT2D eigenvalue weighted by molar-refractivity contribution is -0.137. The van der Waals surface area contributed by atoms with E-state index in [1.807, 2.05) is 16.7 Å². The van der Waals surface area contributed by atoms with E-state index in [2.05, 4.69) is 5.32 Å². The lowest BCUT2D eigenvalue weighted by Gasteiger charge is -2.38. The van der Waals surface area contributed by atoms with E-state index in [0.29, 0.717) is 44.8 Å². The van der Waals surface area contributed by atoms with Gasteiger partial charge in [0.15, 0.2) is 0 Å². The van der Waals surface area contributed by atoms with Crippen molar-refractivity contribution in [1.29, 1.82) is 0 Å². The lowest BCUT2D eigenvalue weighted by Crippen LogP contribution is -2.54. The first kappa shape index (κ1) is 22.1. The molecule has 0 radical (unpaired) electrons. The minimum Gasteiger partial charge on any atom is -0.369 e. The maximum absolute atomic E-state index is 12.9. The molecule has 1 amide bonds. The van der Waals surface area contributed by atoms with Crippen LogP contribution in [0.25, 0.3) is 0 Å². The lowest BCUT2D eigenvalue weighted by atomic mass is 10.1. The van der Waals surface area contributed by atoms with Crippen LogP contribution in [0, 0.1) is 5.82 Å². The molecule has 1 aliphatic heterocycles. The molecule has 2 aromatic rings. The Kier molecular flexibility index (Phi) is 6.97. The number of anilines is 1. The Labute approximate surface area is 173 Å². The van der Waals surface area contributed by atoms with Crippen molar-refractivity contribution >= 4 is 11.6 Å². The van der Waals surface area contributed by atoms with Crippen LogP contribution in [-0.4, -0.2) is 49.6 Å². The Morgan fingerprint density at radius 3 is 2.37 bits per heavy atom. The molecule has 4 nitrogen and oxygen atoms in total. The number of carbonyl (C=O) groups excluding carboxylic acids is 1. The van der Waals surface area contributed by atoms with Gasteiger partial charge in [-0.2, -0.15) is 13.2 Å². The number of halogens is 4. The van der Waals surface area contributed by atoms with Crippen LogP contribution in [0.2, 0.25) is 0 Å². The fraction of sp³-hybridized carbons (Fsp3) is 0.409. The van der Waals surface area contributed by atoms with Crippen molar-refractivity contribution in [1.82, 2.24) is 10.2 Å². The molecule has 0 aliphatic carbocycles. The average molecular weight is 423 g/mol. The SMILES string of the molecule is C[C@@H](C(=O)NCCc1ccc(F)cc1)N1CCN(c2cccc(C(F)(F)F)c2)CC1. The average Bonchev–Trinajstić information content (AvgIpc) is 2.74. The van der Waals surface area contributed by atoms with E-state index < -0.39 is 11.7 Å². The number of piperazine rings is 1. The number of hydrogen-bond donors (Lipinski definition) is 1. The Morgan fingerprint density at radius 1 is 1.07 bits per heavy atom. The Hall–Kier alpha value is -2.61. The number of nitrogens with one attached hydrogen (secondary N) is 1. The van der Waals surface area contributed by atoms with Crippen LogP contribution in [0.3, 0.4) is 0 Å². The second kappa shape index (κ2) is 9.47. The van der Waals surface area contributed by atoms with Gasteiger partial charge in [-0.05, 0) is 49.2 Å². The van der Waals surface area contributed by atoms with E-state index in [1.165, 1.54) is 24.3 Å². The summed E-state index contributed by atoms with van der Waals surface area (Å²) >= 11 is 0. The first-order chi connectivity index (χ1) is 14.2. The predicted octanol–water partition coefficient (Wildman–Crippen LogP) is 3.71. The molecule has 30 heavy (non-hydrogen) atoms. The standard InChI is InChI=1S/C22H25F4N3O/c1-16(21(30)27-10-9-17-5-7-19(23)8-6-17)28-11-13-29(14-12-28)20-4-2-3-18(15-20)22(24,25)26/h2-8,15-16H,9-14H2,1H3,(H,27,30)/t16-/m0/s1. The molecular formula is C22H25F4N3O. The number of hydrogen-bond acceptors (Lipinski definition) is 3. The molecule has 1 N–H and O–H groups in total. The quantitative estimate of drug-likeness (QED) is 0.720. The van der Waals surface area contributed by atoms with Gasteiger partial charge in [-0.1, -0.05) is 18.2 Å². The van der Waals surface area contributed by atoms with Gasteiger partial charge in [0.1, 0.15) is 5.82 Å². The number of benzene rings is 2. The van der Waals surface area contributed by atoms with Crippen LogP contribution >= 0.6 is 0 Å². The summed E-state index contributed by atoms with van der Waals surface area (Å²) in [6, 6.07) is 11.2. The zero-order valence-corrected chi connectivity index (χ0v) is 16.8.